The summed E-state index contributed by atoms with van der Waals surface area (Å²) in [4.78, 5) is 34.7. The van der Waals surface area contributed by atoms with E-state index in [1.165, 1.54) is 18.4 Å². The number of aromatic nitrogens is 2. The van der Waals surface area contributed by atoms with Gasteiger partial charge in [-0.2, -0.15) is 0 Å². The van der Waals surface area contributed by atoms with Crippen LogP contribution in [-0.4, -0.2) is 35.0 Å². The summed E-state index contributed by atoms with van der Waals surface area (Å²) in [7, 11) is 1.36. The minimum absolute atomic E-state index is 0.122. The SMILES string of the molecule is COC(=O)c1c(Nc2nc(C)nc3c2NC(=O)C(CC(C)C)N3)sc(C)c1C. The standard InChI is InChI=1S/C19H25N5O3S/c1-8(2)7-12-17(25)23-14-15(22-12)20-11(5)21-16(14)24-18-13(19(26)27-6)9(3)10(4)28-18/h8,12H,7H2,1-6H3,(H,23,25)(H2,20,21,22,24). The van der Waals surface area contributed by atoms with E-state index in [2.05, 4.69) is 39.8 Å². The molecule has 0 saturated carbocycles. The van der Waals surface area contributed by atoms with Crippen LogP contribution in [0.1, 0.15) is 46.9 Å². The van der Waals surface area contributed by atoms with Crippen molar-refractivity contribution < 1.29 is 14.3 Å². The highest BCUT2D eigenvalue weighted by Gasteiger charge is 2.30. The molecule has 1 amide bonds. The molecule has 2 aromatic heterocycles. The van der Waals surface area contributed by atoms with Crippen molar-refractivity contribution in [1.29, 1.82) is 0 Å². The van der Waals surface area contributed by atoms with E-state index in [-0.39, 0.29) is 11.9 Å². The normalized spacial score (nSPS) is 15.7. The Kier molecular flexibility index (Phi) is 5.55. The number of rotatable bonds is 5. The van der Waals surface area contributed by atoms with E-state index in [0.717, 1.165) is 10.4 Å². The molecule has 9 heteroatoms. The average Bonchev–Trinajstić information content (AvgIpc) is 2.89. The van der Waals surface area contributed by atoms with Crippen molar-refractivity contribution in [3.05, 3.63) is 21.8 Å². The molecule has 0 bridgehead atoms. The Bertz CT molecular complexity index is 938. The molecule has 2 aromatic rings. The van der Waals surface area contributed by atoms with Crippen LogP contribution in [0.25, 0.3) is 0 Å². The predicted molar refractivity (Wildman–Crippen MR) is 111 cm³/mol. The Morgan fingerprint density at radius 1 is 1.29 bits per heavy atom. The van der Waals surface area contributed by atoms with Crippen molar-refractivity contribution in [2.45, 2.75) is 47.1 Å². The number of nitrogens with zero attached hydrogens (tertiary/aromatic N) is 2. The zero-order valence-corrected chi connectivity index (χ0v) is 17.7. The number of aryl methyl sites for hydroxylation is 2. The first kappa shape index (κ1) is 20.1. The molecule has 0 aromatic carbocycles. The second kappa shape index (κ2) is 7.75. The van der Waals surface area contributed by atoms with Gasteiger partial charge in [0.2, 0.25) is 5.91 Å². The van der Waals surface area contributed by atoms with Crippen molar-refractivity contribution in [2.24, 2.45) is 5.92 Å². The number of fused-ring (bicyclic) bond motifs is 1. The monoisotopic (exact) mass is 403 g/mol. The first-order valence-corrected chi connectivity index (χ1v) is 9.94. The summed E-state index contributed by atoms with van der Waals surface area (Å²) in [5, 5.41) is 9.97. The summed E-state index contributed by atoms with van der Waals surface area (Å²) >= 11 is 1.44. The Labute approximate surface area is 168 Å². The van der Waals surface area contributed by atoms with Gasteiger partial charge in [0.1, 0.15) is 22.6 Å². The molecule has 0 fully saturated rings. The fourth-order valence-electron chi connectivity index (χ4n) is 3.13. The molecule has 28 heavy (non-hydrogen) atoms. The number of esters is 1. The molecule has 0 spiro atoms. The second-order valence-corrected chi connectivity index (χ2v) is 8.49. The molecule has 0 saturated heterocycles. The lowest BCUT2D eigenvalue weighted by molar-refractivity contribution is -0.117. The third-order valence-corrected chi connectivity index (χ3v) is 5.73. The molecule has 0 radical (unpaired) electrons. The van der Waals surface area contributed by atoms with Crippen molar-refractivity contribution in [1.82, 2.24) is 9.97 Å². The van der Waals surface area contributed by atoms with E-state index >= 15 is 0 Å². The Morgan fingerprint density at radius 3 is 2.64 bits per heavy atom. The summed E-state index contributed by atoms with van der Waals surface area (Å²) in [5.41, 5.74) is 1.82. The topological polar surface area (TPSA) is 105 Å². The number of methoxy groups -OCH3 is 1. The van der Waals surface area contributed by atoms with E-state index < -0.39 is 5.97 Å². The van der Waals surface area contributed by atoms with Crippen LogP contribution in [0.15, 0.2) is 0 Å². The summed E-state index contributed by atoms with van der Waals surface area (Å²) < 4.78 is 4.93. The minimum Gasteiger partial charge on any atom is -0.465 e. The van der Waals surface area contributed by atoms with Crippen molar-refractivity contribution in [3.63, 3.8) is 0 Å². The van der Waals surface area contributed by atoms with Crippen LogP contribution in [-0.2, 0) is 9.53 Å². The highest BCUT2D eigenvalue weighted by Crippen LogP contribution is 2.39. The minimum atomic E-state index is -0.414. The maximum Gasteiger partial charge on any atom is 0.341 e. The van der Waals surface area contributed by atoms with E-state index in [4.69, 9.17) is 4.74 Å². The van der Waals surface area contributed by atoms with E-state index in [1.54, 1.807) is 6.92 Å². The smallest absolute Gasteiger partial charge is 0.341 e. The van der Waals surface area contributed by atoms with Gasteiger partial charge in [0.05, 0.1) is 12.7 Å². The Balaban J connectivity index is 2.00. The van der Waals surface area contributed by atoms with Gasteiger partial charge in [-0.25, -0.2) is 14.8 Å². The molecular weight excluding hydrogens is 378 g/mol. The van der Waals surface area contributed by atoms with E-state index in [1.807, 2.05) is 13.8 Å². The fraction of sp³-hybridized carbons (Fsp3) is 0.474. The highest BCUT2D eigenvalue weighted by atomic mass is 32.1. The first-order chi connectivity index (χ1) is 13.2. The number of hydrogen-bond acceptors (Lipinski definition) is 8. The third kappa shape index (κ3) is 3.80. The van der Waals surface area contributed by atoms with E-state index in [9.17, 15) is 9.59 Å². The van der Waals surface area contributed by atoms with Crippen LogP contribution in [0, 0.1) is 26.7 Å². The van der Waals surface area contributed by atoms with E-state index in [0.29, 0.717) is 46.1 Å². The number of anilines is 4. The largest absolute Gasteiger partial charge is 0.465 e. The van der Waals surface area contributed by atoms with Gasteiger partial charge in [-0.05, 0) is 38.7 Å². The maximum atomic E-state index is 12.5. The van der Waals surface area contributed by atoms with Gasteiger partial charge in [-0.1, -0.05) is 13.8 Å². The molecular formula is C19H25N5O3S. The summed E-state index contributed by atoms with van der Waals surface area (Å²) in [6.07, 6.45) is 0.701. The van der Waals surface area contributed by atoms with Gasteiger partial charge < -0.3 is 20.7 Å². The zero-order valence-electron chi connectivity index (χ0n) is 16.9. The fourth-order valence-corrected chi connectivity index (χ4v) is 4.18. The molecule has 0 aliphatic carbocycles. The van der Waals surface area contributed by atoms with Crippen LogP contribution < -0.4 is 16.0 Å². The summed E-state index contributed by atoms with van der Waals surface area (Å²) in [6.45, 7) is 9.74. The van der Waals surface area contributed by atoms with Crippen molar-refractivity contribution in [3.8, 4) is 0 Å². The third-order valence-electron chi connectivity index (χ3n) is 4.61. The van der Waals surface area contributed by atoms with Gasteiger partial charge in [0, 0.05) is 4.88 Å². The number of nitrogens with one attached hydrogen (secondary N) is 3. The first-order valence-electron chi connectivity index (χ1n) is 9.12. The lowest BCUT2D eigenvalue weighted by atomic mass is 10.0. The summed E-state index contributed by atoms with van der Waals surface area (Å²) in [6, 6.07) is -0.341. The zero-order chi connectivity index (χ0) is 20.6. The van der Waals surface area contributed by atoms with Crippen LogP contribution in [0.3, 0.4) is 0 Å². The number of carbonyl (C=O) groups excluding carboxylic acids is 2. The maximum absolute atomic E-state index is 12.5. The lowest BCUT2D eigenvalue weighted by Gasteiger charge is -2.28. The number of carbonyl (C=O) groups is 2. The predicted octanol–water partition coefficient (Wildman–Crippen LogP) is 3.77. The molecule has 1 aliphatic heterocycles. The highest BCUT2D eigenvalue weighted by molar-refractivity contribution is 7.16. The Morgan fingerprint density at radius 2 is 2.00 bits per heavy atom. The quantitative estimate of drug-likeness (QED) is 0.653. The second-order valence-electron chi connectivity index (χ2n) is 7.26. The van der Waals surface area contributed by atoms with Crippen LogP contribution >= 0.6 is 11.3 Å². The van der Waals surface area contributed by atoms with Gasteiger partial charge in [-0.15, -0.1) is 11.3 Å². The number of hydrogen-bond donors (Lipinski definition) is 3. The molecule has 3 heterocycles. The summed E-state index contributed by atoms with van der Waals surface area (Å²) in [5.74, 6) is 1.40. The average molecular weight is 404 g/mol. The number of amides is 1. The van der Waals surface area contributed by atoms with Gasteiger partial charge in [0.15, 0.2) is 11.6 Å². The number of thiophene rings is 1. The molecule has 1 atom stereocenters. The Hall–Kier alpha value is -2.68. The van der Waals surface area contributed by atoms with Crippen molar-refractivity contribution in [2.75, 3.05) is 23.1 Å². The number of ether oxygens (including phenoxy) is 1. The molecule has 1 unspecified atom stereocenters. The van der Waals surface area contributed by atoms with Gasteiger partial charge in [-0.3, -0.25) is 4.79 Å². The van der Waals surface area contributed by atoms with Gasteiger partial charge in [0.25, 0.3) is 0 Å². The lowest BCUT2D eigenvalue weighted by Crippen LogP contribution is -2.40. The van der Waals surface area contributed by atoms with Crippen LogP contribution in [0.4, 0.5) is 22.3 Å². The van der Waals surface area contributed by atoms with Crippen LogP contribution in [0.2, 0.25) is 0 Å². The molecule has 1 aliphatic rings. The molecule has 3 rings (SSSR count). The van der Waals surface area contributed by atoms with Gasteiger partial charge >= 0.3 is 5.97 Å². The molecule has 150 valence electrons. The molecule has 3 N–H and O–H groups in total. The van der Waals surface area contributed by atoms with Crippen LogP contribution in [0.5, 0.6) is 0 Å². The van der Waals surface area contributed by atoms with Crippen molar-refractivity contribution >= 4 is 45.5 Å². The molecule has 8 nitrogen and oxygen atoms in total.